The molecule has 150 valence electrons. The Labute approximate surface area is 171 Å². The van der Waals surface area contributed by atoms with E-state index in [0.29, 0.717) is 5.56 Å². The average Bonchev–Trinajstić information content (AvgIpc) is 3.50. The third kappa shape index (κ3) is 3.34. The van der Waals surface area contributed by atoms with E-state index in [9.17, 15) is 18.0 Å². The lowest BCUT2D eigenvalue weighted by Crippen LogP contribution is -2.62. The van der Waals surface area contributed by atoms with Gasteiger partial charge < -0.3 is 5.32 Å². The van der Waals surface area contributed by atoms with E-state index in [2.05, 4.69) is 17.2 Å². The number of halogens is 4. The number of anilines is 1. The van der Waals surface area contributed by atoms with Gasteiger partial charge in [-0.3, -0.25) is 4.90 Å². The second kappa shape index (κ2) is 7.00. The second-order valence-electron chi connectivity index (χ2n) is 7.33. The van der Waals surface area contributed by atoms with Crippen LogP contribution in [0.4, 0.5) is 23.7 Å². The number of hydrogen-bond donors (Lipinski definition) is 1. The van der Waals surface area contributed by atoms with Crippen molar-refractivity contribution in [1.29, 1.82) is 0 Å². The van der Waals surface area contributed by atoms with E-state index in [1.54, 1.807) is 37.3 Å². The van der Waals surface area contributed by atoms with Crippen LogP contribution in [0, 0.1) is 17.8 Å². The summed E-state index contributed by atoms with van der Waals surface area (Å²) < 4.78 is 44.4. The molecular formula is C22H18ClF3N2O. The maximum Gasteiger partial charge on any atom is 0.427 e. The molecule has 1 aliphatic heterocycles. The first kappa shape index (κ1) is 19.7. The number of carbonyl (C=O) groups is 1. The number of hydrogen-bond acceptors (Lipinski definition) is 1. The van der Waals surface area contributed by atoms with Crippen LogP contribution in [0.2, 0.25) is 5.02 Å². The van der Waals surface area contributed by atoms with Crippen LogP contribution in [0.5, 0.6) is 0 Å². The number of benzene rings is 2. The summed E-state index contributed by atoms with van der Waals surface area (Å²) in [5.74, 6) is 5.17. The summed E-state index contributed by atoms with van der Waals surface area (Å²) in [6.45, 7) is 1.57. The van der Waals surface area contributed by atoms with Crippen molar-refractivity contribution in [1.82, 2.24) is 4.90 Å². The lowest BCUT2D eigenvalue weighted by atomic mass is 9.82. The zero-order valence-corrected chi connectivity index (χ0v) is 16.3. The average molecular weight is 419 g/mol. The zero-order chi connectivity index (χ0) is 20.8. The lowest BCUT2D eigenvalue weighted by molar-refractivity contribution is -0.212. The van der Waals surface area contributed by atoms with Gasteiger partial charge >= 0.3 is 12.2 Å². The Bertz CT molecular complexity index is 1010. The van der Waals surface area contributed by atoms with E-state index in [1.165, 1.54) is 18.2 Å². The van der Waals surface area contributed by atoms with Crippen LogP contribution in [0.15, 0.2) is 48.5 Å². The number of fused-ring (bicyclic) bond motifs is 1. The maximum absolute atomic E-state index is 14.8. The molecule has 1 fully saturated rings. The number of rotatable bonds is 2. The largest absolute Gasteiger partial charge is 0.427 e. The van der Waals surface area contributed by atoms with Gasteiger partial charge in [-0.05, 0) is 43.5 Å². The summed E-state index contributed by atoms with van der Waals surface area (Å²) >= 11 is 6.06. The molecule has 2 aromatic carbocycles. The fraction of sp³-hybridized carbons (Fsp3) is 0.318. The van der Waals surface area contributed by atoms with Crippen molar-refractivity contribution >= 4 is 23.3 Å². The molecule has 0 bridgehead atoms. The molecule has 7 heteroatoms. The number of carbonyl (C=O) groups excluding carboxylic acids is 1. The molecule has 0 aromatic heterocycles. The third-order valence-electron chi connectivity index (χ3n) is 5.31. The highest BCUT2D eigenvalue weighted by Gasteiger charge is 2.64. The number of nitrogens with one attached hydrogen (secondary N) is 1. The smallest absolute Gasteiger partial charge is 0.307 e. The van der Waals surface area contributed by atoms with Gasteiger partial charge in [0.2, 0.25) is 5.54 Å². The van der Waals surface area contributed by atoms with Gasteiger partial charge in [-0.2, -0.15) is 13.2 Å². The Hall–Kier alpha value is -2.65. The van der Waals surface area contributed by atoms with E-state index in [0.717, 1.165) is 17.7 Å². The van der Waals surface area contributed by atoms with Crippen molar-refractivity contribution in [3.05, 3.63) is 64.7 Å². The van der Waals surface area contributed by atoms with Gasteiger partial charge in [0.1, 0.15) is 0 Å². The molecule has 29 heavy (non-hydrogen) atoms. The molecule has 2 aromatic rings. The molecule has 3 nitrogen and oxygen atoms in total. The molecule has 1 heterocycles. The first-order chi connectivity index (χ1) is 13.7. The minimum atomic E-state index is -4.84. The van der Waals surface area contributed by atoms with Gasteiger partial charge in [0.25, 0.3) is 0 Å². The quantitative estimate of drug-likeness (QED) is 0.585. The highest BCUT2D eigenvalue weighted by atomic mass is 35.5. The molecule has 0 saturated heterocycles. The lowest BCUT2D eigenvalue weighted by Gasteiger charge is -2.48. The Morgan fingerprint density at radius 2 is 1.90 bits per heavy atom. The van der Waals surface area contributed by atoms with Crippen molar-refractivity contribution < 1.29 is 18.0 Å². The van der Waals surface area contributed by atoms with Gasteiger partial charge in [-0.25, -0.2) is 4.79 Å². The molecule has 4 rings (SSSR count). The summed E-state index contributed by atoms with van der Waals surface area (Å²) in [7, 11) is 0. The van der Waals surface area contributed by atoms with Crippen molar-refractivity contribution in [2.24, 2.45) is 5.92 Å². The molecule has 1 N–H and O–H groups in total. The number of urea groups is 1. The minimum absolute atomic E-state index is 0.0679. The molecule has 0 radical (unpaired) electrons. The van der Waals surface area contributed by atoms with Gasteiger partial charge in [0.05, 0.1) is 6.04 Å². The molecule has 2 amide bonds. The topological polar surface area (TPSA) is 32.3 Å². The van der Waals surface area contributed by atoms with Crippen LogP contribution in [-0.4, -0.2) is 17.1 Å². The first-order valence-electron chi connectivity index (χ1n) is 9.29. The third-order valence-corrected chi connectivity index (χ3v) is 5.54. The monoisotopic (exact) mass is 418 g/mol. The molecule has 0 spiro atoms. The molecule has 2 atom stereocenters. The van der Waals surface area contributed by atoms with Crippen LogP contribution < -0.4 is 5.32 Å². The van der Waals surface area contributed by atoms with Gasteiger partial charge in [0, 0.05) is 22.2 Å². The molecule has 1 aliphatic carbocycles. The van der Waals surface area contributed by atoms with Crippen LogP contribution in [-0.2, 0) is 5.54 Å². The molecule has 0 unspecified atom stereocenters. The number of alkyl halides is 3. The Kier molecular flexibility index (Phi) is 4.74. The molecule has 1 saturated carbocycles. The van der Waals surface area contributed by atoms with E-state index in [4.69, 9.17) is 11.6 Å². The number of amides is 2. The van der Waals surface area contributed by atoms with Crippen LogP contribution in [0.25, 0.3) is 0 Å². The molecule has 2 aliphatic rings. The van der Waals surface area contributed by atoms with Crippen LogP contribution in [0.3, 0.4) is 0 Å². The van der Waals surface area contributed by atoms with Crippen molar-refractivity contribution in [3.63, 3.8) is 0 Å². The fourth-order valence-corrected chi connectivity index (χ4v) is 3.82. The van der Waals surface area contributed by atoms with Gasteiger partial charge in [0.15, 0.2) is 0 Å². The zero-order valence-electron chi connectivity index (χ0n) is 15.6. The maximum atomic E-state index is 14.8. The summed E-state index contributed by atoms with van der Waals surface area (Å²) in [6.07, 6.45) is -3.30. The summed E-state index contributed by atoms with van der Waals surface area (Å²) in [5.41, 5.74) is -2.31. The predicted octanol–water partition coefficient (Wildman–Crippen LogP) is 6.12. The number of nitrogens with zero attached hydrogens (tertiary/aromatic N) is 1. The minimum Gasteiger partial charge on any atom is -0.307 e. The summed E-state index contributed by atoms with van der Waals surface area (Å²) in [6, 6.07) is 11.0. The SMILES string of the molecule is C[C@H](c1ccccc1)N1C(=O)Nc2ccc(Cl)cc2[C@@]1(C#CC1CC1)C(F)(F)F. The van der Waals surface area contributed by atoms with E-state index < -0.39 is 23.8 Å². The normalized spacial score (nSPS) is 22.2. The van der Waals surface area contributed by atoms with Crippen molar-refractivity contribution in [3.8, 4) is 11.8 Å². The predicted molar refractivity (Wildman–Crippen MR) is 105 cm³/mol. The standard InChI is InChI=1S/C22H18ClF3N2O/c1-14(16-5-3-2-4-6-16)28-20(29)27-19-10-9-17(23)13-18(19)21(28,22(24,25)26)12-11-15-7-8-15/h2-6,9-10,13-15H,7-8H2,1H3,(H,27,29)/t14-,21+/m1/s1. The van der Waals surface area contributed by atoms with Crippen LogP contribution in [0.1, 0.15) is 36.9 Å². The Morgan fingerprint density at radius 3 is 2.52 bits per heavy atom. The molecular weight excluding hydrogens is 401 g/mol. The highest BCUT2D eigenvalue weighted by Crippen LogP contribution is 2.52. The summed E-state index contributed by atoms with van der Waals surface area (Å²) in [4.78, 5) is 13.8. The summed E-state index contributed by atoms with van der Waals surface area (Å²) in [5, 5.41) is 2.73. The van der Waals surface area contributed by atoms with Gasteiger partial charge in [-0.1, -0.05) is 53.8 Å². The van der Waals surface area contributed by atoms with E-state index in [1.807, 2.05) is 0 Å². The van der Waals surface area contributed by atoms with Gasteiger partial charge in [-0.15, -0.1) is 0 Å². The fourth-order valence-electron chi connectivity index (χ4n) is 3.65. The van der Waals surface area contributed by atoms with E-state index >= 15 is 0 Å². The highest BCUT2D eigenvalue weighted by molar-refractivity contribution is 6.30. The van der Waals surface area contributed by atoms with Crippen molar-refractivity contribution in [2.45, 2.75) is 37.5 Å². The Balaban J connectivity index is 1.99. The first-order valence-corrected chi connectivity index (χ1v) is 9.66. The van der Waals surface area contributed by atoms with Crippen molar-refractivity contribution in [2.75, 3.05) is 5.32 Å². The Morgan fingerprint density at radius 1 is 1.21 bits per heavy atom. The second-order valence-corrected chi connectivity index (χ2v) is 7.76. The van der Waals surface area contributed by atoms with Crippen LogP contribution >= 0.6 is 11.6 Å². The van der Waals surface area contributed by atoms with E-state index in [-0.39, 0.29) is 22.2 Å².